The number of nitrogens with one attached hydrogen (secondary N) is 1. The number of aliphatic imine (C=N–C) groups is 1. The first-order valence-electron chi connectivity index (χ1n) is 10.1. The predicted molar refractivity (Wildman–Crippen MR) is 129 cm³/mol. The minimum atomic E-state index is -0.459. The molecule has 0 spiro atoms. The zero-order valence-corrected chi connectivity index (χ0v) is 19.5. The Labute approximate surface area is 194 Å². The number of rotatable bonds is 10. The first-order chi connectivity index (χ1) is 15.9. The maximum absolute atomic E-state index is 13.7. The van der Waals surface area contributed by atoms with Gasteiger partial charge in [0.15, 0.2) is 5.84 Å². The van der Waals surface area contributed by atoms with E-state index in [1.54, 1.807) is 21.1 Å². The summed E-state index contributed by atoms with van der Waals surface area (Å²) in [6, 6.07) is 9.68. The fourth-order valence-electron chi connectivity index (χ4n) is 3.07. The molecule has 0 heterocycles. The van der Waals surface area contributed by atoms with Crippen LogP contribution < -0.4 is 9.64 Å². The molecular formula is C25H30FN3O4. The highest BCUT2D eigenvalue weighted by molar-refractivity contribution is 6.11. The quantitative estimate of drug-likeness (QED) is 0.336. The van der Waals surface area contributed by atoms with Gasteiger partial charge in [-0.3, -0.25) is 5.41 Å². The first-order valence-corrected chi connectivity index (χ1v) is 10.1. The molecule has 7 nitrogen and oxygen atoms in total. The Morgan fingerprint density at radius 2 is 1.76 bits per heavy atom. The van der Waals surface area contributed by atoms with Gasteiger partial charge in [0, 0.05) is 38.6 Å². The zero-order valence-electron chi connectivity index (χ0n) is 19.5. The Morgan fingerprint density at radius 1 is 1.12 bits per heavy atom. The van der Waals surface area contributed by atoms with Crippen molar-refractivity contribution in [2.45, 2.75) is 6.92 Å². The highest BCUT2D eigenvalue weighted by Gasteiger charge is 2.14. The number of methoxy groups -OCH3 is 3. The summed E-state index contributed by atoms with van der Waals surface area (Å²) in [5, 5.41) is 8.30. The summed E-state index contributed by atoms with van der Waals surface area (Å²) >= 11 is 0. The van der Waals surface area contributed by atoms with Gasteiger partial charge >= 0.3 is 0 Å². The second-order valence-corrected chi connectivity index (χ2v) is 6.74. The monoisotopic (exact) mass is 455 g/mol. The van der Waals surface area contributed by atoms with Crippen LogP contribution in [0.4, 0.5) is 10.1 Å². The molecule has 0 amide bonds. The van der Waals surface area contributed by atoms with Gasteiger partial charge in [0.25, 0.3) is 0 Å². The van der Waals surface area contributed by atoms with Crippen LogP contribution in [-0.4, -0.2) is 66.0 Å². The molecule has 0 saturated heterocycles. The van der Waals surface area contributed by atoms with E-state index >= 15 is 0 Å². The van der Waals surface area contributed by atoms with Crippen LogP contribution in [0.15, 0.2) is 41.4 Å². The molecule has 0 bridgehead atoms. The maximum Gasteiger partial charge on any atom is 0.155 e. The molecule has 8 heteroatoms. The van der Waals surface area contributed by atoms with Crippen molar-refractivity contribution >= 4 is 24.0 Å². The van der Waals surface area contributed by atoms with Crippen LogP contribution in [0.1, 0.15) is 23.6 Å². The number of ether oxygens (including phenoxy) is 3. The Kier molecular flexibility index (Phi) is 12.1. The molecule has 0 aliphatic carbocycles. The van der Waals surface area contributed by atoms with Crippen LogP contribution in [-0.2, 0) is 14.3 Å². The average Bonchev–Trinajstić information content (AvgIpc) is 2.85. The molecule has 0 atom stereocenters. The fraction of sp³-hybridized carbons (Fsp3) is 0.320. The van der Waals surface area contributed by atoms with E-state index in [2.05, 4.69) is 15.8 Å². The highest BCUT2D eigenvalue weighted by Crippen LogP contribution is 2.23. The number of anilines is 1. The SMILES string of the molecule is C#Cc1cc(C(C)=NC(=N)c2cc(F)ccc2OC)ccc1N(CCOC)CCOC.C=O. The number of nitrogens with zero attached hydrogens (tertiary/aromatic N) is 2. The maximum atomic E-state index is 13.7. The molecule has 2 aromatic rings. The highest BCUT2D eigenvalue weighted by atomic mass is 19.1. The molecule has 1 N–H and O–H groups in total. The molecule has 0 aliphatic rings. The predicted octanol–water partition coefficient (Wildman–Crippen LogP) is 3.56. The normalized spacial score (nSPS) is 10.6. The number of hydrogen-bond donors (Lipinski definition) is 1. The zero-order chi connectivity index (χ0) is 24.8. The van der Waals surface area contributed by atoms with E-state index in [4.69, 9.17) is 30.8 Å². The van der Waals surface area contributed by atoms with Gasteiger partial charge in [-0.1, -0.05) is 12.0 Å². The van der Waals surface area contributed by atoms with Crippen LogP contribution in [0.25, 0.3) is 0 Å². The smallest absolute Gasteiger partial charge is 0.155 e. The largest absolute Gasteiger partial charge is 0.496 e. The second-order valence-electron chi connectivity index (χ2n) is 6.74. The number of hydrogen-bond acceptors (Lipinski definition) is 6. The summed E-state index contributed by atoms with van der Waals surface area (Å²) in [5.74, 6) is 2.56. The Bertz CT molecular complexity index is 994. The van der Waals surface area contributed by atoms with E-state index in [0.717, 1.165) is 11.3 Å². The lowest BCUT2D eigenvalue weighted by Crippen LogP contribution is -2.31. The van der Waals surface area contributed by atoms with Crippen molar-refractivity contribution in [3.8, 4) is 18.1 Å². The summed E-state index contributed by atoms with van der Waals surface area (Å²) in [6.07, 6.45) is 5.78. The van der Waals surface area contributed by atoms with E-state index in [1.807, 2.05) is 25.0 Å². The summed E-state index contributed by atoms with van der Waals surface area (Å²) in [4.78, 5) is 14.5. The van der Waals surface area contributed by atoms with E-state index < -0.39 is 5.82 Å². The number of halogens is 1. The van der Waals surface area contributed by atoms with E-state index in [1.165, 1.54) is 25.3 Å². The van der Waals surface area contributed by atoms with Crippen LogP contribution >= 0.6 is 0 Å². The molecule has 0 aliphatic heterocycles. The van der Waals surface area contributed by atoms with Crippen molar-refractivity contribution in [2.24, 2.45) is 4.99 Å². The van der Waals surface area contributed by atoms with Gasteiger partial charge in [-0.05, 0) is 42.8 Å². The van der Waals surface area contributed by atoms with Crippen LogP contribution in [0.2, 0.25) is 0 Å². The van der Waals surface area contributed by atoms with Gasteiger partial charge in [0.05, 0.1) is 31.6 Å². The Hall–Kier alpha value is -3.54. The van der Waals surface area contributed by atoms with E-state index in [-0.39, 0.29) is 11.4 Å². The molecule has 0 aromatic heterocycles. The number of terminal acetylenes is 1. The lowest BCUT2D eigenvalue weighted by Gasteiger charge is -2.26. The Balaban J connectivity index is 0.00000265. The molecule has 0 saturated carbocycles. The Morgan fingerprint density at radius 3 is 2.30 bits per heavy atom. The third kappa shape index (κ3) is 7.83. The second kappa shape index (κ2) is 14.5. The van der Waals surface area contributed by atoms with Crippen LogP contribution in [0.5, 0.6) is 5.75 Å². The van der Waals surface area contributed by atoms with Gasteiger partial charge in [-0.2, -0.15) is 0 Å². The van der Waals surface area contributed by atoms with Gasteiger partial charge in [0.1, 0.15) is 18.4 Å². The van der Waals surface area contributed by atoms with Crippen molar-refractivity contribution in [1.29, 1.82) is 5.41 Å². The lowest BCUT2D eigenvalue weighted by atomic mass is 10.0. The van der Waals surface area contributed by atoms with Gasteiger partial charge in [-0.25, -0.2) is 9.38 Å². The van der Waals surface area contributed by atoms with Crippen molar-refractivity contribution in [2.75, 3.05) is 52.5 Å². The molecular weight excluding hydrogens is 425 g/mol. The summed E-state index contributed by atoms with van der Waals surface area (Å²) in [6.45, 7) is 6.24. The third-order valence-corrected chi connectivity index (χ3v) is 4.74. The number of carbonyl (C=O) groups excluding carboxylic acids is 1. The summed E-state index contributed by atoms with van der Waals surface area (Å²) < 4.78 is 29.3. The van der Waals surface area contributed by atoms with Crippen molar-refractivity contribution < 1.29 is 23.4 Å². The molecule has 176 valence electrons. The summed E-state index contributed by atoms with van der Waals surface area (Å²) in [5.41, 5.74) is 3.24. The third-order valence-electron chi connectivity index (χ3n) is 4.74. The minimum absolute atomic E-state index is 0.0954. The van der Waals surface area contributed by atoms with E-state index in [0.29, 0.717) is 43.3 Å². The van der Waals surface area contributed by atoms with Crippen LogP contribution in [0.3, 0.4) is 0 Å². The number of carbonyl (C=O) groups is 1. The average molecular weight is 456 g/mol. The topological polar surface area (TPSA) is 84.2 Å². The van der Waals surface area contributed by atoms with Gasteiger partial charge in [-0.15, -0.1) is 6.42 Å². The van der Waals surface area contributed by atoms with Gasteiger partial charge < -0.3 is 23.9 Å². The van der Waals surface area contributed by atoms with E-state index in [9.17, 15) is 4.39 Å². The van der Waals surface area contributed by atoms with Crippen molar-refractivity contribution in [3.63, 3.8) is 0 Å². The van der Waals surface area contributed by atoms with Crippen LogP contribution in [0, 0.1) is 23.6 Å². The molecule has 0 fully saturated rings. The standard InChI is InChI=1S/C24H28FN3O3.CH2O/c1-6-18-15-19(7-9-22(18)28(11-13-29-3)12-14-30-4)17(2)27-24(26)21-16-20(25)8-10-23(21)31-5;1-2/h1,7-10,15-16,26H,11-14H2,2-5H3;1H2. The number of amidine groups is 1. The minimum Gasteiger partial charge on any atom is -0.496 e. The molecule has 0 radical (unpaired) electrons. The molecule has 0 unspecified atom stereocenters. The first kappa shape index (κ1) is 27.5. The number of benzene rings is 2. The lowest BCUT2D eigenvalue weighted by molar-refractivity contribution is -0.0979. The fourth-order valence-corrected chi connectivity index (χ4v) is 3.07. The molecule has 2 aromatic carbocycles. The molecule has 2 rings (SSSR count). The molecule has 33 heavy (non-hydrogen) atoms. The summed E-state index contributed by atoms with van der Waals surface area (Å²) in [7, 11) is 4.78. The van der Waals surface area contributed by atoms with Crippen molar-refractivity contribution in [3.05, 3.63) is 58.9 Å². The van der Waals surface area contributed by atoms with Gasteiger partial charge in [0.2, 0.25) is 0 Å². The van der Waals surface area contributed by atoms with Crippen molar-refractivity contribution in [1.82, 2.24) is 0 Å².